The molecule has 2 aromatic rings. The van der Waals surface area contributed by atoms with Gasteiger partial charge in [0.2, 0.25) is 0 Å². The van der Waals surface area contributed by atoms with Crippen molar-refractivity contribution in [1.82, 2.24) is 19.5 Å². The van der Waals surface area contributed by atoms with E-state index in [0.717, 1.165) is 49.8 Å². The second-order valence-corrected chi connectivity index (χ2v) is 6.73. The summed E-state index contributed by atoms with van der Waals surface area (Å²) in [7, 11) is 0. The summed E-state index contributed by atoms with van der Waals surface area (Å²) in [6.45, 7) is 4.42. The Morgan fingerprint density at radius 2 is 1.96 bits per heavy atom. The Hall–Kier alpha value is -1.66. The average Bonchev–Trinajstić information content (AvgIpc) is 3.00. The van der Waals surface area contributed by atoms with Crippen LogP contribution in [0.15, 0.2) is 12.3 Å². The van der Waals surface area contributed by atoms with Crippen LogP contribution < -0.4 is 5.73 Å². The van der Waals surface area contributed by atoms with Gasteiger partial charge in [0.05, 0.1) is 19.4 Å². The van der Waals surface area contributed by atoms with Gasteiger partial charge in [-0.05, 0) is 12.8 Å². The Morgan fingerprint density at radius 1 is 1.17 bits per heavy atom. The Morgan fingerprint density at radius 3 is 2.74 bits per heavy atom. The molecule has 23 heavy (non-hydrogen) atoms. The average molecular weight is 315 g/mol. The highest BCUT2D eigenvalue weighted by Crippen LogP contribution is 2.32. The van der Waals surface area contributed by atoms with Gasteiger partial charge in [0, 0.05) is 42.9 Å². The summed E-state index contributed by atoms with van der Waals surface area (Å²) < 4.78 is 7.21. The number of nitrogens with two attached hydrogens (primary N) is 1. The Bertz CT molecular complexity index is 671. The van der Waals surface area contributed by atoms with Crippen molar-refractivity contribution in [1.29, 1.82) is 0 Å². The zero-order valence-corrected chi connectivity index (χ0v) is 13.6. The highest BCUT2D eigenvalue weighted by molar-refractivity contribution is 5.53. The van der Waals surface area contributed by atoms with Gasteiger partial charge < -0.3 is 10.5 Å². The molecule has 0 bridgehead atoms. The van der Waals surface area contributed by atoms with Crippen LogP contribution >= 0.6 is 0 Å². The summed E-state index contributed by atoms with van der Waals surface area (Å²) in [4.78, 5) is 7.34. The Balaban J connectivity index is 1.64. The van der Waals surface area contributed by atoms with E-state index in [9.17, 15) is 0 Å². The van der Waals surface area contributed by atoms with E-state index in [1.165, 1.54) is 32.1 Å². The van der Waals surface area contributed by atoms with Gasteiger partial charge in [-0.3, -0.25) is 4.90 Å². The molecule has 2 fully saturated rings. The zero-order valence-electron chi connectivity index (χ0n) is 13.6. The second kappa shape index (κ2) is 6.45. The Kier molecular flexibility index (Phi) is 4.18. The van der Waals surface area contributed by atoms with Crippen LogP contribution in [0.3, 0.4) is 0 Å². The first kappa shape index (κ1) is 14.9. The number of nitrogens with zero attached hydrogens (tertiary/aromatic N) is 4. The molecule has 0 radical (unpaired) electrons. The van der Waals surface area contributed by atoms with Gasteiger partial charge in [-0.25, -0.2) is 4.98 Å². The SMILES string of the molecule is Nc1cc(C2CCCCC2)nc2c(CN3CCOCC3)cnn12. The molecule has 2 aromatic heterocycles. The standard InChI is InChI=1S/C17H25N5O/c18-16-10-15(13-4-2-1-3-5-13)20-17-14(11-19-22(16)17)12-21-6-8-23-9-7-21/h10-11,13H,1-9,12,18H2. The molecule has 6 heteroatoms. The molecule has 6 nitrogen and oxygen atoms in total. The molecule has 2 N–H and O–H groups in total. The minimum Gasteiger partial charge on any atom is -0.384 e. The lowest BCUT2D eigenvalue weighted by molar-refractivity contribution is 0.0343. The molecule has 124 valence electrons. The van der Waals surface area contributed by atoms with Crippen molar-refractivity contribution in [3.63, 3.8) is 0 Å². The van der Waals surface area contributed by atoms with E-state index in [1.54, 1.807) is 4.52 Å². The molecule has 1 saturated heterocycles. The van der Waals surface area contributed by atoms with E-state index in [-0.39, 0.29) is 0 Å². The molecule has 2 aliphatic rings. The number of ether oxygens (including phenoxy) is 1. The molecular formula is C17H25N5O. The summed E-state index contributed by atoms with van der Waals surface area (Å²) in [6.07, 6.45) is 8.34. The van der Waals surface area contributed by atoms with Crippen molar-refractivity contribution in [3.8, 4) is 0 Å². The quantitative estimate of drug-likeness (QED) is 0.940. The van der Waals surface area contributed by atoms with Crippen LogP contribution in [0.25, 0.3) is 5.65 Å². The van der Waals surface area contributed by atoms with E-state index in [0.29, 0.717) is 11.7 Å². The molecule has 0 aromatic carbocycles. The highest BCUT2D eigenvalue weighted by Gasteiger charge is 2.20. The lowest BCUT2D eigenvalue weighted by Crippen LogP contribution is -2.35. The smallest absolute Gasteiger partial charge is 0.162 e. The summed E-state index contributed by atoms with van der Waals surface area (Å²) >= 11 is 0. The maximum absolute atomic E-state index is 6.24. The molecule has 1 aliphatic heterocycles. The van der Waals surface area contributed by atoms with E-state index in [4.69, 9.17) is 15.5 Å². The molecule has 0 amide bonds. The normalized spacial score (nSPS) is 21.0. The number of fused-ring (bicyclic) bond motifs is 1. The number of anilines is 1. The molecule has 0 atom stereocenters. The third-order valence-corrected chi connectivity index (χ3v) is 5.11. The molecule has 0 unspecified atom stereocenters. The molecule has 1 aliphatic carbocycles. The molecular weight excluding hydrogens is 290 g/mol. The fourth-order valence-electron chi connectivity index (χ4n) is 3.77. The third-order valence-electron chi connectivity index (χ3n) is 5.11. The Labute approximate surface area is 136 Å². The predicted molar refractivity (Wildman–Crippen MR) is 89.3 cm³/mol. The third kappa shape index (κ3) is 3.05. The van der Waals surface area contributed by atoms with Crippen LogP contribution in [0.2, 0.25) is 0 Å². The van der Waals surface area contributed by atoms with Gasteiger partial charge >= 0.3 is 0 Å². The molecule has 4 rings (SSSR count). The van der Waals surface area contributed by atoms with Crippen molar-refractivity contribution in [2.45, 2.75) is 44.6 Å². The maximum Gasteiger partial charge on any atom is 0.162 e. The monoisotopic (exact) mass is 315 g/mol. The van der Waals surface area contributed by atoms with Crippen LogP contribution in [0, 0.1) is 0 Å². The van der Waals surface area contributed by atoms with Crippen LogP contribution in [0.5, 0.6) is 0 Å². The second-order valence-electron chi connectivity index (χ2n) is 6.73. The zero-order chi connectivity index (χ0) is 15.6. The van der Waals surface area contributed by atoms with Crippen molar-refractivity contribution in [2.24, 2.45) is 0 Å². The van der Waals surface area contributed by atoms with Crippen molar-refractivity contribution < 1.29 is 4.74 Å². The first-order valence-electron chi connectivity index (χ1n) is 8.74. The van der Waals surface area contributed by atoms with Crippen molar-refractivity contribution in [3.05, 3.63) is 23.5 Å². The van der Waals surface area contributed by atoms with Gasteiger partial charge in [0.25, 0.3) is 0 Å². The van der Waals surface area contributed by atoms with E-state index in [1.807, 2.05) is 12.3 Å². The fourth-order valence-corrected chi connectivity index (χ4v) is 3.77. The molecule has 3 heterocycles. The lowest BCUT2D eigenvalue weighted by atomic mass is 9.87. The fraction of sp³-hybridized carbons (Fsp3) is 0.647. The number of aromatic nitrogens is 3. The van der Waals surface area contributed by atoms with Gasteiger partial charge in [-0.15, -0.1) is 0 Å². The topological polar surface area (TPSA) is 68.7 Å². The van der Waals surface area contributed by atoms with Gasteiger partial charge in [0.1, 0.15) is 5.82 Å². The van der Waals surface area contributed by atoms with Gasteiger partial charge in [0.15, 0.2) is 5.65 Å². The van der Waals surface area contributed by atoms with Crippen molar-refractivity contribution >= 4 is 11.5 Å². The first-order valence-corrected chi connectivity index (χ1v) is 8.74. The predicted octanol–water partition coefficient (Wildman–Crippen LogP) is 2.19. The summed E-state index contributed by atoms with van der Waals surface area (Å²) in [5.74, 6) is 1.26. The summed E-state index contributed by atoms with van der Waals surface area (Å²) in [5, 5.41) is 4.44. The van der Waals surface area contributed by atoms with Crippen LogP contribution in [0.1, 0.15) is 49.3 Å². The summed E-state index contributed by atoms with van der Waals surface area (Å²) in [5.41, 5.74) is 9.48. The highest BCUT2D eigenvalue weighted by atomic mass is 16.5. The largest absolute Gasteiger partial charge is 0.384 e. The molecule has 0 spiro atoms. The van der Waals surface area contributed by atoms with Crippen LogP contribution in [-0.2, 0) is 11.3 Å². The first-order chi connectivity index (χ1) is 11.3. The minimum atomic E-state index is 0.558. The van der Waals surface area contributed by atoms with Crippen LogP contribution in [-0.4, -0.2) is 45.8 Å². The van der Waals surface area contributed by atoms with E-state index in [2.05, 4.69) is 10.00 Å². The number of morpholine rings is 1. The van der Waals surface area contributed by atoms with Gasteiger partial charge in [-0.1, -0.05) is 19.3 Å². The van der Waals surface area contributed by atoms with Crippen molar-refractivity contribution in [2.75, 3.05) is 32.0 Å². The number of nitrogen functional groups attached to an aromatic ring is 1. The summed E-state index contributed by atoms with van der Waals surface area (Å²) in [6, 6.07) is 2.02. The number of hydrogen-bond donors (Lipinski definition) is 1. The van der Waals surface area contributed by atoms with Crippen LogP contribution in [0.4, 0.5) is 5.82 Å². The lowest BCUT2D eigenvalue weighted by Gasteiger charge is -2.26. The maximum atomic E-state index is 6.24. The number of hydrogen-bond acceptors (Lipinski definition) is 5. The molecule has 1 saturated carbocycles. The van der Waals surface area contributed by atoms with Gasteiger partial charge in [-0.2, -0.15) is 9.61 Å². The minimum absolute atomic E-state index is 0.558. The van der Waals surface area contributed by atoms with E-state index < -0.39 is 0 Å². The van der Waals surface area contributed by atoms with E-state index >= 15 is 0 Å². The number of rotatable bonds is 3.